The zero-order valence-corrected chi connectivity index (χ0v) is 15.6. The van der Waals surface area contributed by atoms with E-state index in [-0.39, 0.29) is 11.4 Å². The molecule has 0 aromatic heterocycles. The minimum Gasteiger partial charge on any atom is -0.457 e. The maximum absolute atomic E-state index is 12.7. The van der Waals surface area contributed by atoms with Gasteiger partial charge in [-0.05, 0) is 42.0 Å². The van der Waals surface area contributed by atoms with Gasteiger partial charge in [0.2, 0.25) is 0 Å². The van der Waals surface area contributed by atoms with Gasteiger partial charge in [0.05, 0.1) is 0 Å². The highest BCUT2D eigenvalue weighted by Crippen LogP contribution is 2.39. The standard InChI is InChI=1S/C22H20N2O2S/c25-22(23-18-9-3-1-4-10-18)24-14-15-27-21(24)17-8-7-13-20(16-17)26-19-11-5-2-6-12-19/h1-13,16,21H,14-15H2,(H,23,25)/t21-/m1/s1. The fourth-order valence-electron chi connectivity index (χ4n) is 3.03. The molecule has 0 radical (unpaired) electrons. The molecule has 3 aromatic carbocycles. The molecule has 2 amide bonds. The molecule has 1 N–H and O–H groups in total. The van der Waals surface area contributed by atoms with Crippen LogP contribution in [0, 0.1) is 0 Å². The van der Waals surface area contributed by atoms with Crippen molar-refractivity contribution in [3.63, 3.8) is 0 Å². The molecule has 4 rings (SSSR count). The third kappa shape index (κ3) is 4.26. The van der Waals surface area contributed by atoms with E-state index in [9.17, 15) is 4.79 Å². The molecular weight excluding hydrogens is 356 g/mol. The normalized spacial score (nSPS) is 16.1. The number of para-hydroxylation sites is 2. The number of amides is 2. The van der Waals surface area contributed by atoms with E-state index in [0.717, 1.165) is 35.0 Å². The van der Waals surface area contributed by atoms with Crippen LogP contribution in [0.3, 0.4) is 0 Å². The minimum absolute atomic E-state index is 0.0203. The van der Waals surface area contributed by atoms with Gasteiger partial charge in [-0.25, -0.2) is 4.79 Å². The number of nitrogens with zero attached hydrogens (tertiary/aromatic N) is 1. The molecule has 0 bridgehead atoms. The molecule has 0 aliphatic carbocycles. The number of carbonyl (C=O) groups excluding carboxylic acids is 1. The number of thioether (sulfide) groups is 1. The van der Waals surface area contributed by atoms with Gasteiger partial charge in [-0.2, -0.15) is 0 Å². The smallest absolute Gasteiger partial charge is 0.323 e. The van der Waals surface area contributed by atoms with Crippen LogP contribution in [0.4, 0.5) is 10.5 Å². The van der Waals surface area contributed by atoms with Crippen molar-refractivity contribution in [2.24, 2.45) is 0 Å². The first kappa shape index (κ1) is 17.5. The molecule has 1 fully saturated rings. The van der Waals surface area contributed by atoms with Crippen LogP contribution in [0.25, 0.3) is 0 Å². The Morgan fingerprint density at radius 1 is 0.926 bits per heavy atom. The summed E-state index contributed by atoms with van der Waals surface area (Å²) in [6.07, 6.45) is 0. The van der Waals surface area contributed by atoms with Gasteiger partial charge in [0.25, 0.3) is 0 Å². The molecule has 0 saturated carbocycles. The lowest BCUT2D eigenvalue weighted by molar-refractivity contribution is 0.214. The van der Waals surface area contributed by atoms with Crippen molar-refractivity contribution in [1.29, 1.82) is 0 Å². The van der Waals surface area contributed by atoms with E-state index in [1.165, 1.54) is 0 Å². The SMILES string of the molecule is O=C(Nc1ccccc1)N1CCS[C@@H]1c1cccc(Oc2ccccc2)c1. The molecule has 4 nitrogen and oxygen atoms in total. The molecule has 1 aliphatic heterocycles. The summed E-state index contributed by atoms with van der Waals surface area (Å²) in [6.45, 7) is 0.720. The molecular formula is C22H20N2O2S. The summed E-state index contributed by atoms with van der Waals surface area (Å²) in [4.78, 5) is 14.6. The van der Waals surface area contributed by atoms with Crippen LogP contribution in [0.2, 0.25) is 0 Å². The summed E-state index contributed by atoms with van der Waals surface area (Å²) < 4.78 is 5.94. The third-order valence-electron chi connectivity index (χ3n) is 4.30. The summed E-state index contributed by atoms with van der Waals surface area (Å²) in [7, 11) is 0. The average molecular weight is 376 g/mol. The number of carbonyl (C=O) groups is 1. The summed E-state index contributed by atoms with van der Waals surface area (Å²) >= 11 is 1.77. The second kappa shape index (κ2) is 8.18. The quantitative estimate of drug-likeness (QED) is 0.629. The van der Waals surface area contributed by atoms with Gasteiger partial charge in [0, 0.05) is 18.0 Å². The average Bonchev–Trinajstić information content (AvgIpc) is 3.20. The number of benzene rings is 3. The Hall–Kier alpha value is -2.92. The number of rotatable bonds is 4. The van der Waals surface area contributed by atoms with Crippen LogP contribution in [-0.2, 0) is 0 Å². The van der Waals surface area contributed by atoms with Gasteiger partial charge < -0.3 is 15.0 Å². The maximum Gasteiger partial charge on any atom is 0.323 e. The van der Waals surface area contributed by atoms with Crippen molar-refractivity contribution >= 4 is 23.5 Å². The van der Waals surface area contributed by atoms with E-state index in [1.807, 2.05) is 89.8 Å². The van der Waals surface area contributed by atoms with Gasteiger partial charge in [-0.1, -0.05) is 48.5 Å². The highest BCUT2D eigenvalue weighted by molar-refractivity contribution is 7.99. The Morgan fingerprint density at radius 3 is 2.41 bits per heavy atom. The number of urea groups is 1. The first-order chi connectivity index (χ1) is 13.3. The molecule has 1 heterocycles. The number of hydrogen-bond acceptors (Lipinski definition) is 3. The van der Waals surface area contributed by atoms with Crippen LogP contribution in [0.1, 0.15) is 10.9 Å². The lowest BCUT2D eigenvalue weighted by Crippen LogP contribution is -2.34. The number of hydrogen-bond donors (Lipinski definition) is 1. The number of anilines is 1. The van der Waals surface area contributed by atoms with Crippen molar-refractivity contribution in [3.8, 4) is 11.5 Å². The van der Waals surface area contributed by atoms with Crippen LogP contribution in [0.5, 0.6) is 11.5 Å². The van der Waals surface area contributed by atoms with E-state index in [4.69, 9.17) is 4.74 Å². The molecule has 0 spiro atoms. The molecule has 1 aliphatic rings. The summed E-state index contributed by atoms with van der Waals surface area (Å²) in [5.41, 5.74) is 1.87. The highest BCUT2D eigenvalue weighted by Gasteiger charge is 2.31. The lowest BCUT2D eigenvalue weighted by Gasteiger charge is -2.24. The Balaban J connectivity index is 1.50. The summed E-state index contributed by atoms with van der Waals surface area (Å²) in [5.74, 6) is 2.48. The van der Waals surface area contributed by atoms with Crippen LogP contribution < -0.4 is 10.1 Å². The monoisotopic (exact) mass is 376 g/mol. The highest BCUT2D eigenvalue weighted by atomic mass is 32.2. The predicted octanol–water partition coefficient (Wildman–Crippen LogP) is 5.76. The largest absolute Gasteiger partial charge is 0.457 e. The van der Waals surface area contributed by atoms with Crippen molar-refractivity contribution in [1.82, 2.24) is 4.90 Å². The Kier molecular flexibility index (Phi) is 5.30. The van der Waals surface area contributed by atoms with E-state index in [0.29, 0.717) is 0 Å². The zero-order chi connectivity index (χ0) is 18.5. The van der Waals surface area contributed by atoms with Gasteiger partial charge in [-0.3, -0.25) is 0 Å². The molecule has 1 atom stereocenters. The van der Waals surface area contributed by atoms with E-state index in [2.05, 4.69) is 5.32 Å². The first-order valence-corrected chi connectivity index (χ1v) is 9.91. The minimum atomic E-state index is -0.0782. The van der Waals surface area contributed by atoms with Crippen molar-refractivity contribution in [2.45, 2.75) is 5.37 Å². The van der Waals surface area contributed by atoms with Gasteiger partial charge in [0.1, 0.15) is 16.9 Å². The number of nitrogens with one attached hydrogen (secondary N) is 1. The van der Waals surface area contributed by atoms with Crippen LogP contribution in [0.15, 0.2) is 84.9 Å². The fourth-order valence-corrected chi connectivity index (χ4v) is 4.27. The topological polar surface area (TPSA) is 41.6 Å². The summed E-state index contributed by atoms with van der Waals surface area (Å²) in [6, 6.07) is 27.1. The third-order valence-corrected chi connectivity index (χ3v) is 5.56. The van der Waals surface area contributed by atoms with Crippen molar-refractivity contribution in [3.05, 3.63) is 90.5 Å². The van der Waals surface area contributed by atoms with E-state index < -0.39 is 0 Å². The molecule has 3 aromatic rings. The molecule has 27 heavy (non-hydrogen) atoms. The van der Waals surface area contributed by atoms with E-state index >= 15 is 0 Å². The van der Waals surface area contributed by atoms with Crippen LogP contribution in [-0.4, -0.2) is 23.2 Å². The zero-order valence-electron chi connectivity index (χ0n) is 14.7. The fraction of sp³-hybridized carbons (Fsp3) is 0.136. The lowest BCUT2D eigenvalue weighted by atomic mass is 10.2. The molecule has 136 valence electrons. The maximum atomic E-state index is 12.7. The van der Waals surface area contributed by atoms with Gasteiger partial charge in [-0.15, -0.1) is 11.8 Å². The first-order valence-electron chi connectivity index (χ1n) is 8.87. The Morgan fingerprint density at radius 2 is 1.63 bits per heavy atom. The van der Waals surface area contributed by atoms with Gasteiger partial charge >= 0.3 is 6.03 Å². The van der Waals surface area contributed by atoms with Crippen LogP contribution >= 0.6 is 11.8 Å². The van der Waals surface area contributed by atoms with Crippen molar-refractivity contribution < 1.29 is 9.53 Å². The van der Waals surface area contributed by atoms with E-state index in [1.54, 1.807) is 11.8 Å². The van der Waals surface area contributed by atoms with Crippen molar-refractivity contribution in [2.75, 3.05) is 17.6 Å². The summed E-state index contributed by atoms with van der Waals surface area (Å²) in [5, 5.41) is 2.96. The predicted molar refractivity (Wildman–Crippen MR) is 110 cm³/mol. The second-order valence-electron chi connectivity index (χ2n) is 6.20. The second-order valence-corrected chi connectivity index (χ2v) is 7.39. The Labute approximate surface area is 163 Å². The van der Waals surface area contributed by atoms with Gasteiger partial charge in [0.15, 0.2) is 0 Å². The molecule has 5 heteroatoms. The Bertz CT molecular complexity index is 902. The molecule has 1 saturated heterocycles. The molecule has 0 unspecified atom stereocenters. The number of ether oxygens (including phenoxy) is 1.